The molecule has 0 unspecified atom stereocenters. The molecule has 0 fully saturated rings. The Balaban J connectivity index is 2.23. The van der Waals surface area contributed by atoms with Gasteiger partial charge in [0, 0.05) is 19.8 Å². The van der Waals surface area contributed by atoms with Crippen LogP contribution in [-0.2, 0) is 6.54 Å². The lowest BCUT2D eigenvalue weighted by Crippen LogP contribution is -2.25. The predicted octanol–water partition coefficient (Wildman–Crippen LogP) is 2.21. The maximum Gasteiger partial charge on any atom is 0.254 e. The number of benzene rings is 1. The molecule has 1 aromatic heterocycles. The quantitative estimate of drug-likeness (QED) is 0.834. The molecule has 0 aliphatic heterocycles. The second-order valence-corrected chi connectivity index (χ2v) is 5.44. The summed E-state index contributed by atoms with van der Waals surface area (Å²) in [5.41, 5.74) is 0.512. The molecule has 1 heterocycles. The average Bonchev–Trinajstić information content (AvgIpc) is 2.56. The maximum atomic E-state index is 14.1. The molecule has 0 bridgehead atoms. The zero-order chi connectivity index (χ0) is 18.7. The van der Waals surface area contributed by atoms with Gasteiger partial charge in [-0.25, -0.2) is 18.7 Å². The number of aryl methyl sites for hydroxylation is 1. The Hall–Kier alpha value is -2.84. The first-order valence-electron chi connectivity index (χ1n) is 7.26. The zero-order valence-electron chi connectivity index (χ0n) is 14.2. The lowest BCUT2D eigenvalue weighted by atomic mass is 10.1. The molecule has 0 atom stereocenters. The molecule has 6 nitrogen and oxygen atoms in total. The summed E-state index contributed by atoms with van der Waals surface area (Å²) < 4.78 is 45.5. The number of carbonyl (C=O) groups is 1. The highest BCUT2D eigenvalue weighted by molar-refractivity contribution is 5.94. The fourth-order valence-corrected chi connectivity index (χ4v) is 2.10. The summed E-state index contributed by atoms with van der Waals surface area (Å²) >= 11 is 0. The van der Waals surface area contributed by atoms with Crippen LogP contribution in [0.15, 0.2) is 12.1 Å². The maximum absolute atomic E-state index is 14.1. The number of nitrogens with zero attached hydrogens (tertiary/aromatic N) is 3. The van der Waals surface area contributed by atoms with Gasteiger partial charge in [0.1, 0.15) is 0 Å². The first-order chi connectivity index (χ1) is 11.7. The van der Waals surface area contributed by atoms with Crippen molar-refractivity contribution in [1.82, 2.24) is 15.3 Å². The lowest BCUT2D eigenvalue weighted by molar-refractivity contribution is 0.0944. The van der Waals surface area contributed by atoms with Gasteiger partial charge in [-0.05, 0) is 19.1 Å². The van der Waals surface area contributed by atoms with Crippen LogP contribution in [0.5, 0.6) is 5.75 Å². The van der Waals surface area contributed by atoms with Crippen molar-refractivity contribution in [1.29, 1.82) is 0 Å². The molecule has 1 aromatic carbocycles. The lowest BCUT2D eigenvalue weighted by Gasteiger charge is -2.13. The number of hydrogen-bond acceptors (Lipinski definition) is 5. The Labute approximate surface area is 142 Å². The van der Waals surface area contributed by atoms with Crippen molar-refractivity contribution in [2.24, 2.45) is 0 Å². The summed E-state index contributed by atoms with van der Waals surface area (Å²) in [5.74, 6) is -5.55. The fourth-order valence-electron chi connectivity index (χ4n) is 2.10. The summed E-state index contributed by atoms with van der Waals surface area (Å²) in [4.78, 5) is 22.3. The van der Waals surface area contributed by atoms with E-state index in [9.17, 15) is 18.0 Å². The van der Waals surface area contributed by atoms with Gasteiger partial charge in [-0.15, -0.1) is 0 Å². The van der Waals surface area contributed by atoms with Gasteiger partial charge in [0.2, 0.25) is 11.8 Å². The predicted molar refractivity (Wildman–Crippen MR) is 85.1 cm³/mol. The molecule has 0 aliphatic carbocycles. The third-order valence-electron chi connectivity index (χ3n) is 3.29. The molecule has 1 N–H and O–H groups in total. The molecule has 0 aliphatic rings. The Morgan fingerprint density at radius 1 is 1.20 bits per heavy atom. The molecule has 2 aromatic rings. The summed E-state index contributed by atoms with van der Waals surface area (Å²) in [6, 6.07) is 2.13. The van der Waals surface area contributed by atoms with Crippen LogP contribution in [0.4, 0.5) is 19.1 Å². The number of amides is 1. The number of rotatable bonds is 5. The van der Waals surface area contributed by atoms with E-state index in [1.807, 2.05) is 0 Å². The highest BCUT2D eigenvalue weighted by Gasteiger charge is 2.23. The SMILES string of the molecule is COc1c(F)c(F)cc(C(=O)NCc2cc(C)nc(N(C)C)n2)c1F. The topological polar surface area (TPSA) is 67.3 Å². The number of anilines is 1. The van der Waals surface area contributed by atoms with Gasteiger partial charge in [-0.2, -0.15) is 4.39 Å². The highest BCUT2D eigenvalue weighted by atomic mass is 19.2. The normalized spacial score (nSPS) is 10.5. The minimum atomic E-state index is -1.49. The van der Waals surface area contributed by atoms with Gasteiger partial charge in [0.25, 0.3) is 5.91 Å². The van der Waals surface area contributed by atoms with Crippen LogP contribution >= 0.6 is 0 Å². The number of nitrogens with one attached hydrogen (secondary N) is 1. The van der Waals surface area contributed by atoms with E-state index in [0.29, 0.717) is 23.4 Å². The van der Waals surface area contributed by atoms with Gasteiger partial charge < -0.3 is 15.0 Å². The molecule has 2 rings (SSSR count). The number of aromatic nitrogens is 2. The molecule has 0 saturated carbocycles. The number of ether oxygens (including phenoxy) is 1. The van der Waals surface area contributed by atoms with E-state index >= 15 is 0 Å². The minimum Gasteiger partial charge on any atom is -0.491 e. The van der Waals surface area contributed by atoms with Crippen LogP contribution in [0.1, 0.15) is 21.7 Å². The first kappa shape index (κ1) is 18.5. The van der Waals surface area contributed by atoms with E-state index in [4.69, 9.17) is 0 Å². The van der Waals surface area contributed by atoms with Crippen molar-refractivity contribution < 1.29 is 22.7 Å². The standard InChI is InChI=1S/C16H17F3N4O2/c1-8-5-9(22-16(21-8)23(2)3)7-20-15(24)10-6-11(17)13(19)14(25-4)12(10)18/h5-6H,7H2,1-4H3,(H,20,24). The second-order valence-electron chi connectivity index (χ2n) is 5.44. The van der Waals surface area contributed by atoms with E-state index in [2.05, 4.69) is 20.0 Å². The Morgan fingerprint density at radius 3 is 2.48 bits per heavy atom. The van der Waals surface area contributed by atoms with Crippen molar-refractivity contribution in [3.8, 4) is 5.75 Å². The molecule has 0 spiro atoms. The van der Waals surface area contributed by atoms with Crippen LogP contribution in [-0.4, -0.2) is 37.1 Å². The summed E-state index contributed by atoms with van der Waals surface area (Å²) in [7, 11) is 4.51. The van der Waals surface area contributed by atoms with Gasteiger partial charge in [-0.1, -0.05) is 0 Å². The van der Waals surface area contributed by atoms with E-state index < -0.39 is 34.7 Å². The summed E-state index contributed by atoms with van der Waals surface area (Å²) in [6.45, 7) is 1.73. The second kappa shape index (κ2) is 7.37. The number of hydrogen-bond donors (Lipinski definition) is 1. The largest absolute Gasteiger partial charge is 0.491 e. The van der Waals surface area contributed by atoms with E-state index in [-0.39, 0.29) is 6.54 Å². The van der Waals surface area contributed by atoms with Gasteiger partial charge in [-0.3, -0.25) is 4.79 Å². The molecule has 0 radical (unpaired) electrons. The third-order valence-corrected chi connectivity index (χ3v) is 3.29. The van der Waals surface area contributed by atoms with Crippen molar-refractivity contribution in [2.75, 3.05) is 26.1 Å². The van der Waals surface area contributed by atoms with Crippen LogP contribution < -0.4 is 15.0 Å². The van der Waals surface area contributed by atoms with Crippen LogP contribution in [0.3, 0.4) is 0 Å². The molecular formula is C16H17F3N4O2. The summed E-state index contributed by atoms with van der Waals surface area (Å²) in [5, 5.41) is 2.42. The van der Waals surface area contributed by atoms with Crippen molar-refractivity contribution in [3.63, 3.8) is 0 Å². The molecule has 134 valence electrons. The van der Waals surface area contributed by atoms with Crippen LogP contribution in [0.2, 0.25) is 0 Å². The smallest absolute Gasteiger partial charge is 0.254 e. The molecular weight excluding hydrogens is 337 g/mol. The van der Waals surface area contributed by atoms with Gasteiger partial charge in [0.15, 0.2) is 17.4 Å². The van der Waals surface area contributed by atoms with Crippen molar-refractivity contribution in [3.05, 3.63) is 46.5 Å². The third kappa shape index (κ3) is 3.98. The van der Waals surface area contributed by atoms with E-state index in [1.165, 1.54) is 0 Å². The van der Waals surface area contributed by atoms with Crippen LogP contribution in [0, 0.1) is 24.4 Å². The fraction of sp³-hybridized carbons (Fsp3) is 0.312. The molecule has 1 amide bonds. The van der Waals surface area contributed by atoms with Crippen LogP contribution in [0.25, 0.3) is 0 Å². The highest BCUT2D eigenvalue weighted by Crippen LogP contribution is 2.26. The van der Waals surface area contributed by atoms with Crippen molar-refractivity contribution in [2.45, 2.75) is 13.5 Å². The Morgan fingerprint density at radius 2 is 1.88 bits per heavy atom. The molecule has 25 heavy (non-hydrogen) atoms. The molecule has 9 heteroatoms. The Kier molecular flexibility index (Phi) is 5.45. The van der Waals surface area contributed by atoms with E-state index in [1.54, 1.807) is 32.0 Å². The summed E-state index contributed by atoms with van der Waals surface area (Å²) in [6.07, 6.45) is 0. The van der Waals surface area contributed by atoms with E-state index in [0.717, 1.165) is 7.11 Å². The first-order valence-corrected chi connectivity index (χ1v) is 7.26. The number of halogens is 3. The van der Waals surface area contributed by atoms with Gasteiger partial charge in [0.05, 0.1) is 24.9 Å². The minimum absolute atomic E-state index is 0.0379. The Bertz CT molecular complexity index is 812. The number of carbonyl (C=O) groups excluding carboxylic acids is 1. The monoisotopic (exact) mass is 354 g/mol. The molecule has 0 saturated heterocycles. The van der Waals surface area contributed by atoms with Gasteiger partial charge >= 0.3 is 0 Å². The zero-order valence-corrected chi connectivity index (χ0v) is 14.2. The van der Waals surface area contributed by atoms with Crippen molar-refractivity contribution >= 4 is 11.9 Å². The number of methoxy groups -OCH3 is 1. The average molecular weight is 354 g/mol.